The molecule has 0 spiro atoms. The van der Waals surface area contributed by atoms with Gasteiger partial charge in [0.05, 0.1) is 34.8 Å². The van der Waals surface area contributed by atoms with E-state index in [0.29, 0.717) is 0 Å². The molecule has 0 unspecified atom stereocenters. The van der Waals surface area contributed by atoms with Gasteiger partial charge in [-0.15, -0.1) is 0 Å². The van der Waals surface area contributed by atoms with Crippen molar-refractivity contribution >= 4 is 28.6 Å². The number of hydrogen-bond acceptors (Lipinski definition) is 3. The number of hydrogen-bond donors (Lipinski definition) is 0. The number of benzene rings is 1. The highest BCUT2D eigenvalue weighted by atomic mass is 127. The second-order valence-electron chi connectivity index (χ2n) is 3.60. The van der Waals surface area contributed by atoms with Crippen LogP contribution in [0.4, 0.5) is 5.69 Å². The van der Waals surface area contributed by atoms with Crippen LogP contribution in [-0.2, 0) is 4.74 Å². The van der Waals surface area contributed by atoms with Gasteiger partial charge in [-0.2, -0.15) is 0 Å². The van der Waals surface area contributed by atoms with E-state index in [0.717, 1.165) is 17.2 Å². The van der Waals surface area contributed by atoms with E-state index in [-0.39, 0.29) is 6.79 Å². The first-order chi connectivity index (χ1) is 8.81. The Morgan fingerprint density at radius 3 is 2.89 bits per heavy atom. The second kappa shape index (κ2) is 6.49. The largest absolute Gasteiger partial charge is 0.456 e. The predicted molar refractivity (Wildman–Crippen MR) is 81.6 cm³/mol. The van der Waals surface area contributed by atoms with Crippen LogP contribution in [0.5, 0.6) is 5.75 Å². The van der Waals surface area contributed by atoms with Gasteiger partial charge in [0.15, 0.2) is 0 Å². The molecular weight excluding hydrogens is 341 g/mol. The Hall–Kier alpha value is -1.43. The van der Waals surface area contributed by atoms with E-state index in [1.54, 1.807) is 0 Å². The summed E-state index contributed by atoms with van der Waals surface area (Å²) >= 11 is 2.21. The lowest BCUT2D eigenvalue weighted by atomic mass is 10.3. The molecule has 3 nitrogen and oxygen atoms in total. The van der Waals surface area contributed by atoms with E-state index < -0.39 is 0 Å². The van der Waals surface area contributed by atoms with Crippen molar-refractivity contribution in [2.75, 3.05) is 9.91 Å². The standard InChI is InChI=1S/C14H14INO2/c1-2-3-4-7-12-10-16(15)13-8-5-6-9-14(13)18-11-17-12/h2-10H,11H2,1H3/b3-2-,7-4-,12-10-. The molecule has 0 fully saturated rings. The van der Waals surface area contributed by atoms with Crippen molar-refractivity contribution in [1.82, 2.24) is 0 Å². The molecular formula is C14H14INO2. The summed E-state index contributed by atoms with van der Waals surface area (Å²) in [7, 11) is 0. The topological polar surface area (TPSA) is 21.7 Å². The van der Waals surface area contributed by atoms with E-state index >= 15 is 0 Å². The number of nitrogens with zero attached hydrogens (tertiary/aromatic N) is 1. The fourth-order valence-electron chi connectivity index (χ4n) is 1.49. The summed E-state index contributed by atoms with van der Waals surface area (Å²) in [5.41, 5.74) is 1.01. The molecule has 94 valence electrons. The lowest BCUT2D eigenvalue weighted by Crippen LogP contribution is -2.11. The van der Waals surface area contributed by atoms with Gasteiger partial charge in [0.25, 0.3) is 0 Å². The number of anilines is 1. The molecule has 0 bridgehead atoms. The summed E-state index contributed by atoms with van der Waals surface area (Å²) in [6, 6.07) is 7.87. The molecule has 0 saturated heterocycles. The molecule has 1 heterocycles. The summed E-state index contributed by atoms with van der Waals surface area (Å²) in [6.45, 7) is 2.19. The van der Waals surface area contributed by atoms with Gasteiger partial charge in [-0.3, -0.25) is 3.11 Å². The molecule has 0 aromatic heterocycles. The first-order valence-electron chi connectivity index (χ1n) is 5.62. The lowest BCUT2D eigenvalue weighted by molar-refractivity contribution is 0.0659. The Labute approximate surface area is 121 Å². The quantitative estimate of drug-likeness (QED) is 0.451. The highest BCUT2D eigenvalue weighted by Crippen LogP contribution is 2.32. The minimum atomic E-state index is 0.216. The predicted octanol–water partition coefficient (Wildman–Crippen LogP) is 4.18. The highest BCUT2D eigenvalue weighted by molar-refractivity contribution is 14.1. The fourth-order valence-corrected chi connectivity index (χ4v) is 2.16. The van der Waals surface area contributed by atoms with Gasteiger partial charge in [0, 0.05) is 0 Å². The first kappa shape index (κ1) is 13.0. The third-order valence-electron chi connectivity index (χ3n) is 2.34. The van der Waals surface area contributed by atoms with Crippen LogP contribution in [0.1, 0.15) is 6.92 Å². The summed E-state index contributed by atoms with van der Waals surface area (Å²) in [6.07, 6.45) is 9.69. The summed E-state index contributed by atoms with van der Waals surface area (Å²) in [4.78, 5) is 0. The second-order valence-corrected chi connectivity index (χ2v) is 4.64. The number of allylic oxidation sites excluding steroid dienone is 4. The first-order valence-corrected chi connectivity index (χ1v) is 6.58. The van der Waals surface area contributed by atoms with Crippen LogP contribution in [-0.4, -0.2) is 6.79 Å². The average Bonchev–Trinajstić information content (AvgIpc) is 2.37. The Morgan fingerprint density at radius 2 is 2.06 bits per heavy atom. The van der Waals surface area contributed by atoms with Gasteiger partial charge in [-0.05, 0) is 25.1 Å². The van der Waals surface area contributed by atoms with Crippen LogP contribution >= 0.6 is 22.9 Å². The van der Waals surface area contributed by atoms with Gasteiger partial charge < -0.3 is 9.47 Å². The van der Waals surface area contributed by atoms with Crippen LogP contribution in [0.2, 0.25) is 0 Å². The zero-order valence-electron chi connectivity index (χ0n) is 10.0. The van der Waals surface area contributed by atoms with Crippen molar-refractivity contribution in [3.05, 3.63) is 60.5 Å². The van der Waals surface area contributed by atoms with Crippen LogP contribution < -0.4 is 7.85 Å². The summed E-state index contributed by atoms with van der Waals surface area (Å²) in [5, 5.41) is 0. The SMILES string of the molecule is C\C=C/C=C\C1=C\N(I)c2ccccc2OCO1. The molecule has 1 aromatic carbocycles. The van der Waals surface area contributed by atoms with Crippen molar-refractivity contribution in [2.45, 2.75) is 6.92 Å². The maximum atomic E-state index is 5.57. The smallest absolute Gasteiger partial charge is 0.231 e. The molecule has 2 rings (SSSR count). The van der Waals surface area contributed by atoms with Crippen molar-refractivity contribution in [3.63, 3.8) is 0 Å². The molecule has 0 saturated carbocycles. The van der Waals surface area contributed by atoms with Crippen LogP contribution in [0.25, 0.3) is 0 Å². The maximum absolute atomic E-state index is 5.57. The molecule has 1 aliphatic rings. The Morgan fingerprint density at radius 1 is 1.22 bits per heavy atom. The fraction of sp³-hybridized carbons (Fsp3) is 0.143. The Balaban J connectivity index is 2.25. The number of rotatable bonds is 2. The molecule has 0 radical (unpaired) electrons. The normalized spacial score (nSPS) is 18.6. The molecule has 1 aliphatic heterocycles. The minimum absolute atomic E-state index is 0.216. The van der Waals surface area contributed by atoms with E-state index in [4.69, 9.17) is 9.47 Å². The number of ether oxygens (including phenoxy) is 2. The minimum Gasteiger partial charge on any atom is -0.456 e. The molecule has 1 aromatic rings. The maximum Gasteiger partial charge on any atom is 0.231 e. The van der Waals surface area contributed by atoms with Gasteiger partial charge in [0.2, 0.25) is 6.79 Å². The van der Waals surface area contributed by atoms with Gasteiger partial charge in [-0.1, -0.05) is 30.4 Å². The summed E-state index contributed by atoms with van der Waals surface area (Å²) < 4.78 is 13.1. The zero-order chi connectivity index (χ0) is 12.8. The van der Waals surface area contributed by atoms with E-state index in [1.807, 2.05) is 64.8 Å². The van der Waals surface area contributed by atoms with Crippen LogP contribution in [0.15, 0.2) is 60.5 Å². The van der Waals surface area contributed by atoms with Crippen molar-refractivity contribution < 1.29 is 9.47 Å². The monoisotopic (exact) mass is 355 g/mol. The molecule has 0 aliphatic carbocycles. The average molecular weight is 355 g/mol. The molecule has 0 atom stereocenters. The third kappa shape index (κ3) is 3.29. The zero-order valence-corrected chi connectivity index (χ0v) is 12.2. The lowest BCUT2D eigenvalue weighted by Gasteiger charge is -2.21. The van der Waals surface area contributed by atoms with Gasteiger partial charge >= 0.3 is 0 Å². The van der Waals surface area contributed by atoms with E-state index in [9.17, 15) is 0 Å². The molecule has 4 heteroatoms. The van der Waals surface area contributed by atoms with E-state index in [1.165, 1.54) is 0 Å². The number of fused-ring (bicyclic) bond motifs is 1. The van der Waals surface area contributed by atoms with Crippen LogP contribution in [0, 0.1) is 0 Å². The number of para-hydroxylation sites is 2. The third-order valence-corrected chi connectivity index (χ3v) is 3.14. The molecule has 18 heavy (non-hydrogen) atoms. The Kier molecular flexibility index (Phi) is 4.69. The van der Waals surface area contributed by atoms with Gasteiger partial charge in [-0.25, -0.2) is 0 Å². The summed E-state index contributed by atoms with van der Waals surface area (Å²) in [5.74, 6) is 1.58. The van der Waals surface area contributed by atoms with Crippen molar-refractivity contribution in [2.24, 2.45) is 0 Å². The Bertz CT molecular complexity index is 494. The molecule has 0 N–H and O–H groups in total. The molecule has 0 amide bonds. The van der Waals surface area contributed by atoms with Crippen molar-refractivity contribution in [1.29, 1.82) is 0 Å². The van der Waals surface area contributed by atoms with Crippen molar-refractivity contribution in [3.8, 4) is 5.75 Å². The van der Waals surface area contributed by atoms with E-state index in [2.05, 4.69) is 22.9 Å². The van der Waals surface area contributed by atoms with Crippen LogP contribution in [0.3, 0.4) is 0 Å². The highest BCUT2D eigenvalue weighted by Gasteiger charge is 2.11. The number of halogens is 1. The van der Waals surface area contributed by atoms with Gasteiger partial charge in [0.1, 0.15) is 11.5 Å².